The molecule has 0 spiro atoms. The van der Waals surface area contributed by atoms with Crippen molar-refractivity contribution in [3.63, 3.8) is 0 Å². The zero-order valence-electron chi connectivity index (χ0n) is 11.2. The minimum atomic E-state index is -0.512. The first-order valence-corrected chi connectivity index (χ1v) is 7.47. The summed E-state index contributed by atoms with van der Waals surface area (Å²) in [5.41, 5.74) is 2.79. The third kappa shape index (κ3) is 3.60. The number of hydrazone groups is 1. The first-order valence-electron chi connectivity index (χ1n) is 5.89. The molecule has 7 nitrogen and oxygen atoms in total. The predicted molar refractivity (Wildman–Crippen MR) is 87.2 cm³/mol. The van der Waals surface area contributed by atoms with E-state index < -0.39 is 5.91 Å². The summed E-state index contributed by atoms with van der Waals surface area (Å²) in [5.74, 6) is -0.339. The highest BCUT2D eigenvalue weighted by Crippen LogP contribution is 2.39. The van der Waals surface area contributed by atoms with Crippen LogP contribution in [-0.2, 0) is 0 Å². The number of hydrogen-bond donors (Lipinski definition) is 2. The normalized spacial score (nSPS) is 10.7. The Morgan fingerprint density at radius 3 is 2.86 bits per heavy atom. The third-order valence-electron chi connectivity index (χ3n) is 2.57. The summed E-state index contributed by atoms with van der Waals surface area (Å²) in [6.07, 6.45) is 5.48. The molecular formula is C13H10Br2N4O3. The highest BCUT2D eigenvalue weighted by molar-refractivity contribution is 9.13. The van der Waals surface area contributed by atoms with Gasteiger partial charge >= 0.3 is 0 Å². The molecule has 1 aromatic carbocycles. The molecule has 0 aliphatic heterocycles. The average molecular weight is 430 g/mol. The van der Waals surface area contributed by atoms with Crippen LogP contribution in [0.25, 0.3) is 0 Å². The monoisotopic (exact) mass is 428 g/mol. The molecule has 1 aromatic heterocycles. The van der Waals surface area contributed by atoms with Gasteiger partial charge in [0.2, 0.25) is 0 Å². The van der Waals surface area contributed by atoms with E-state index in [0.29, 0.717) is 14.5 Å². The summed E-state index contributed by atoms with van der Waals surface area (Å²) < 4.78 is 6.29. The fraction of sp³-hybridized carbons (Fsp3) is 0.0769. The quantitative estimate of drug-likeness (QED) is 0.574. The second-order valence-electron chi connectivity index (χ2n) is 3.93. The van der Waals surface area contributed by atoms with Crippen LogP contribution in [0.5, 0.6) is 11.5 Å². The number of aromatic hydroxyl groups is 1. The number of carbonyl (C=O) groups is 1. The maximum atomic E-state index is 11.8. The Bertz CT molecular complexity index is 723. The summed E-state index contributed by atoms with van der Waals surface area (Å²) >= 11 is 6.64. The molecule has 0 saturated carbocycles. The standard InChI is InChI=1S/C13H10Br2N4O3/c1-22-10-4-8(14)11(15)7(12(10)20)5-18-19-13(21)9-6-16-2-3-17-9/h2-6,20H,1H3,(H,19,21)/b18-5-. The highest BCUT2D eigenvalue weighted by atomic mass is 79.9. The number of amides is 1. The van der Waals surface area contributed by atoms with E-state index in [-0.39, 0.29) is 17.2 Å². The van der Waals surface area contributed by atoms with Crippen molar-refractivity contribution < 1.29 is 14.6 Å². The van der Waals surface area contributed by atoms with E-state index >= 15 is 0 Å². The van der Waals surface area contributed by atoms with Crippen LogP contribution >= 0.6 is 31.9 Å². The van der Waals surface area contributed by atoms with Crippen molar-refractivity contribution in [2.24, 2.45) is 5.10 Å². The number of phenols is 1. The smallest absolute Gasteiger partial charge is 0.291 e. The van der Waals surface area contributed by atoms with Crippen LogP contribution in [0.1, 0.15) is 16.1 Å². The van der Waals surface area contributed by atoms with Crippen molar-refractivity contribution in [3.05, 3.63) is 44.9 Å². The molecule has 0 unspecified atom stereocenters. The van der Waals surface area contributed by atoms with Gasteiger partial charge in [0.25, 0.3) is 5.91 Å². The SMILES string of the molecule is COc1cc(Br)c(Br)c(/C=N\NC(=O)c2cnccn2)c1O. The summed E-state index contributed by atoms with van der Waals surface area (Å²) in [5, 5.41) is 13.9. The van der Waals surface area contributed by atoms with Crippen LogP contribution < -0.4 is 10.2 Å². The zero-order chi connectivity index (χ0) is 16.1. The Morgan fingerprint density at radius 2 is 2.23 bits per heavy atom. The molecule has 114 valence electrons. The largest absolute Gasteiger partial charge is 0.504 e. The van der Waals surface area contributed by atoms with Crippen LogP contribution in [0.3, 0.4) is 0 Å². The van der Waals surface area contributed by atoms with Crippen LogP contribution in [0, 0.1) is 0 Å². The molecule has 9 heteroatoms. The number of phenolic OH excluding ortho intramolecular Hbond substituents is 1. The van der Waals surface area contributed by atoms with Gasteiger partial charge in [-0.2, -0.15) is 5.10 Å². The lowest BCUT2D eigenvalue weighted by Crippen LogP contribution is -2.19. The molecule has 0 radical (unpaired) electrons. The van der Waals surface area contributed by atoms with Crippen molar-refractivity contribution >= 4 is 44.0 Å². The Kier molecular flexibility index (Phi) is 5.45. The second kappa shape index (κ2) is 7.32. The van der Waals surface area contributed by atoms with E-state index in [1.165, 1.54) is 31.9 Å². The number of carbonyl (C=O) groups excluding carboxylic acids is 1. The van der Waals surface area contributed by atoms with Gasteiger partial charge < -0.3 is 9.84 Å². The number of nitrogens with zero attached hydrogens (tertiary/aromatic N) is 3. The topological polar surface area (TPSA) is 96.7 Å². The summed E-state index contributed by atoms with van der Waals surface area (Å²) in [6.45, 7) is 0. The first-order chi connectivity index (χ1) is 10.5. The zero-order valence-corrected chi connectivity index (χ0v) is 14.4. The third-order valence-corrected chi connectivity index (χ3v) is 4.58. The average Bonchev–Trinajstić information content (AvgIpc) is 2.54. The Labute approximate surface area is 142 Å². The Morgan fingerprint density at radius 1 is 1.45 bits per heavy atom. The second-order valence-corrected chi connectivity index (χ2v) is 5.57. The van der Waals surface area contributed by atoms with E-state index in [4.69, 9.17) is 4.74 Å². The molecule has 22 heavy (non-hydrogen) atoms. The predicted octanol–water partition coefficient (Wildman–Crippen LogP) is 2.48. The van der Waals surface area contributed by atoms with Gasteiger partial charge in [-0.1, -0.05) is 0 Å². The van der Waals surface area contributed by atoms with Crippen LogP contribution in [0.4, 0.5) is 0 Å². The van der Waals surface area contributed by atoms with Gasteiger partial charge in [0.05, 0.1) is 25.1 Å². The molecule has 0 saturated heterocycles. The fourth-order valence-electron chi connectivity index (χ4n) is 1.51. The number of halogens is 2. The molecule has 0 fully saturated rings. The number of benzene rings is 1. The molecular weight excluding hydrogens is 420 g/mol. The molecule has 2 aromatic rings. The van der Waals surface area contributed by atoms with Crippen molar-refractivity contribution in [3.8, 4) is 11.5 Å². The van der Waals surface area contributed by atoms with Crippen molar-refractivity contribution in [2.45, 2.75) is 0 Å². The number of methoxy groups -OCH3 is 1. The summed E-state index contributed by atoms with van der Waals surface area (Å²) in [7, 11) is 1.44. The van der Waals surface area contributed by atoms with Crippen molar-refractivity contribution in [1.82, 2.24) is 15.4 Å². The molecule has 2 N–H and O–H groups in total. The number of ether oxygens (including phenoxy) is 1. The maximum Gasteiger partial charge on any atom is 0.291 e. The Balaban J connectivity index is 2.20. The lowest BCUT2D eigenvalue weighted by Gasteiger charge is -2.09. The number of hydrogen-bond acceptors (Lipinski definition) is 6. The van der Waals surface area contributed by atoms with Gasteiger partial charge in [-0.25, -0.2) is 10.4 Å². The van der Waals surface area contributed by atoms with Crippen LogP contribution in [-0.4, -0.2) is 34.3 Å². The van der Waals surface area contributed by atoms with Gasteiger partial charge in [-0.15, -0.1) is 0 Å². The first kappa shape index (κ1) is 16.4. The Hall–Kier alpha value is -2.00. The highest BCUT2D eigenvalue weighted by Gasteiger charge is 2.14. The van der Waals surface area contributed by atoms with Crippen LogP contribution in [0.15, 0.2) is 38.7 Å². The fourth-order valence-corrected chi connectivity index (χ4v) is 2.34. The minimum absolute atomic E-state index is 0.102. The van der Waals surface area contributed by atoms with E-state index in [0.717, 1.165) is 0 Å². The van der Waals surface area contributed by atoms with E-state index in [9.17, 15) is 9.90 Å². The van der Waals surface area contributed by atoms with Crippen molar-refractivity contribution in [2.75, 3.05) is 7.11 Å². The minimum Gasteiger partial charge on any atom is -0.504 e. The van der Waals surface area contributed by atoms with E-state index in [1.807, 2.05) is 0 Å². The van der Waals surface area contributed by atoms with Gasteiger partial charge in [-0.3, -0.25) is 9.78 Å². The number of aromatic nitrogens is 2. The molecule has 1 heterocycles. The summed E-state index contributed by atoms with van der Waals surface area (Å²) in [4.78, 5) is 19.4. The van der Waals surface area contributed by atoms with Crippen molar-refractivity contribution in [1.29, 1.82) is 0 Å². The lowest BCUT2D eigenvalue weighted by atomic mass is 10.2. The van der Waals surface area contributed by atoms with Crippen LogP contribution in [0.2, 0.25) is 0 Å². The lowest BCUT2D eigenvalue weighted by molar-refractivity contribution is 0.0949. The molecule has 2 rings (SSSR count). The molecule has 1 amide bonds. The molecule has 0 bridgehead atoms. The van der Waals surface area contributed by atoms with Gasteiger partial charge in [-0.05, 0) is 37.9 Å². The molecule has 0 aliphatic carbocycles. The number of rotatable bonds is 4. The van der Waals surface area contributed by atoms with Gasteiger partial charge in [0.1, 0.15) is 5.69 Å². The summed E-state index contributed by atoms with van der Waals surface area (Å²) in [6, 6.07) is 1.61. The molecule has 0 aliphatic rings. The van der Waals surface area contributed by atoms with E-state index in [1.54, 1.807) is 6.07 Å². The number of nitrogens with one attached hydrogen (secondary N) is 1. The van der Waals surface area contributed by atoms with Gasteiger partial charge in [0, 0.05) is 21.3 Å². The van der Waals surface area contributed by atoms with E-state index in [2.05, 4.69) is 52.4 Å². The van der Waals surface area contributed by atoms with Gasteiger partial charge in [0.15, 0.2) is 11.5 Å². The molecule has 0 atom stereocenters. The maximum absolute atomic E-state index is 11.8.